The van der Waals surface area contributed by atoms with Gasteiger partial charge in [-0.25, -0.2) is 9.50 Å². The Balaban J connectivity index is 1.76. The summed E-state index contributed by atoms with van der Waals surface area (Å²) in [6.45, 7) is 1.93. The first kappa shape index (κ1) is 15.1. The van der Waals surface area contributed by atoms with Crippen molar-refractivity contribution in [3.8, 4) is 11.3 Å². The van der Waals surface area contributed by atoms with Crippen molar-refractivity contribution in [3.05, 3.63) is 84.2 Å². The third-order valence-electron chi connectivity index (χ3n) is 3.89. The molecule has 5 heteroatoms. The van der Waals surface area contributed by atoms with Crippen LogP contribution in [-0.2, 0) is 0 Å². The summed E-state index contributed by atoms with van der Waals surface area (Å²) >= 11 is 0. The van der Waals surface area contributed by atoms with Gasteiger partial charge in [-0.2, -0.15) is 5.10 Å². The van der Waals surface area contributed by atoms with Gasteiger partial charge < -0.3 is 5.32 Å². The maximum Gasteiger partial charge on any atom is 0.276 e. The van der Waals surface area contributed by atoms with Crippen LogP contribution in [-0.4, -0.2) is 20.5 Å². The number of rotatable bonds is 3. The van der Waals surface area contributed by atoms with Crippen molar-refractivity contribution in [3.63, 3.8) is 0 Å². The molecule has 0 saturated carbocycles. The first-order chi connectivity index (χ1) is 12.2. The maximum absolute atomic E-state index is 12.5. The lowest BCUT2D eigenvalue weighted by molar-refractivity contribution is 0.102. The van der Waals surface area contributed by atoms with Crippen LogP contribution in [0.5, 0.6) is 0 Å². The van der Waals surface area contributed by atoms with E-state index in [9.17, 15) is 4.79 Å². The van der Waals surface area contributed by atoms with Crippen LogP contribution in [0, 0.1) is 6.92 Å². The van der Waals surface area contributed by atoms with Crippen molar-refractivity contribution in [2.75, 3.05) is 5.32 Å². The lowest BCUT2D eigenvalue weighted by Gasteiger charge is -2.06. The number of para-hydroxylation sites is 1. The summed E-state index contributed by atoms with van der Waals surface area (Å²) in [6, 6.07) is 22.9. The molecule has 0 bridgehead atoms. The number of anilines is 1. The van der Waals surface area contributed by atoms with E-state index in [2.05, 4.69) is 15.4 Å². The molecule has 2 aromatic carbocycles. The highest BCUT2D eigenvalue weighted by atomic mass is 16.1. The van der Waals surface area contributed by atoms with Gasteiger partial charge in [-0.15, -0.1) is 0 Å². The van der Waals surface area contributed by atoms with Gasteiger partial charge in [-0.1, -0.05) is 48.5 Å². The number of aryl methyl sites for hydroxylation is 1. The number of fused-ring (bicyclic) bond motifs is 1. The standard InChI is InChI=1S/C20H16N4O/c1-14-12-18(15-8-4-2-5-9-15)24-19(21-14)13-17(23-24)20(25)22-16-10-6-3-7-11-16/h2-13H,1H3,(H,22,25). The molecular formula is C20H16N4O. The van der Waals surface area contributed by atoms with Gasteiger partial charge in [0.1, 0.15) is 0 Å². The first-order valence-electron chi connectivity index (χ1n) is 8.00. The highest BCUT2D eigenvalue weighted by Crippen LogP contribution is 2.21. The molecule has 1 N–H and O–H groups in total. The molecule has 25 heavy (non-hydrogen) atoms. The third-order valence-corrected chi connectivity index (χ3v) is 3.89. The fourth-order valence-corrected chi connectivity index (χ4v) is 2.74. The number of carbonyl (C=O) groups excluding carboxylic acids is 1. The lowest BCUT2D eigenvalue weighted by Crippen LogP contribution is -2.12. The van der Waals surface area contributed by atoms with E-state index in [4.69, 9.17) is 0 Å². The minimum Gasteiger partial charge on any atom is -0.321 e. The predicted molar refractivity (Wildman–Crippen MR) is 97.6 cm³/mol. The number of carbonyl (C=O) groups is 1. The maximum atomic E-state index is 12.5. The minimum atomic E-state index is -0.256. The Kier molecular flexibility index (Phi) is 3.74. The van der Waals surface area contributed by atoms with Crippen molar-refractivity contribution in [2.45, 2.75) is 6.92 Å². The van der Waals surface area contributed by atoms with E-state index in [1.807, 2.05) is 73.7 Å². The van der Waals surface area contributed by atoms with E-state index in [1.165, 1.54) is 0 Å². The zero-order chi connectivity index (χ0) is 17.2. The molecule has 122 valence electrons. The summed E-state index contributed by atoms with van der Waals surface area (Å²) in [7, 11) is 0. The normalized spacial score (nSPS) is 10.8. The quantitative estimate of drug-likeness (QED) is 0.619. The topological polar surface area (TPSA) is 59.3 Å². The smallest absolute Gasteiger partial charge is 0.276 e. The summed E-state index contributed by atoms with van der Waals surface area (Å²) in [5.74, 6) is -0.256. The summed E-state index contributed by atoms with van der Waals surface area (Å²) in [5, 5.41) is 7.32. The van der Waals surface area contributed by atoms with Gasteiger partial charge in [0.25, 0.3) is 5.91 Å². The van der Waals surface area contributed by atoms with E-state index < -0.39 is 0 Å². The largest absolute Gasteiger partial charge is 0.321 e. The Hall–Kier alpha value is -3.47. The van der Waals surface area contributed by atoms with E-state index in [0.717, 1.165) is 22.6 Å². The number of hydrogen-bond acceptors (Lipinski definition) is 3. The minimum absolute atomic E-state index is 0.256. The number of nitrogens with zero attached hydrogens (tertiary/aromatic N) is 3. The fraction of sp³-hybridized carbons (Fsp3) is 0.0500. The number of hydrogen-bond donors (Lipinski definition) is 1. The molecule has 0 aliphatic carbocycles. The first-order valence-corrected chi connectivity index (χ1v) is 8.00. The average Bonchev–Trinajstić information content (AvgIpc) is 3.06. The number of aromatic nitrogens is 3. The van der Waals surface area contributed by atoms with E-state index >= 15 is 0 Å². The summed E-state index contributed by atoms with van der Waals surface area (Å²) in [4.78, 5) is 17.0. The highest BCUT2D eigenvalue weighted by molar-refractivity contribution is 6.03. The molecule has 0 unspecified atom stereocenters. The van der Waals surface area contributed by atoms with Crippen molar-refractivity contribution in [2.24, 2.45) is 0 Å². The van der Waals surface area contributed by atoms with Crippen LogP contribution >= 0.6 is 0 Å². The molecule has 5 nitrogen and oxygen atoms in total. The van der Waals surface area contributed by atoms with E-state index in [0.29, 0.717) is 11.3 Å². The Bertz CT molecular complexity index is 1040. The molecule has 2 heterocycles. The second kappa shape index (κ2) is 6.20. The summed E-state index contributed by atoms with van der Waals surface area (Å²) in [5.41, 5.74) is 4.52. The molecule has 0 radical (unpaired) electrons. The van der Waals surface area contributed by atoms with Crippen LogP contribution in [0.1, 0.15) is 16.2 Å². The second-order valence-electron chi connectivity index (χ2n) is 5.77. The van der Waals surface area contributed by atoms with Gasteiger partial charge in [0.2, 0.25) is 0 Å². The van der Waals surface area contributed by atoms with Crippen molar-refractivity contribution < 1.29 is 4.79 Å². The summed E-state index contributed by atoms with van der Waals surface area (Å²) < 4.78 is 1.71. The van der Waals surface area contributed by atoms with E-state index in [-0.39, 0.29) is 5.91 Å². The molecule has 1 amide bonds. The lowest BCUT2D eigenvalue weighted by atomic mass is 10.1. The molecule has 0 aliphatic heterocycles. The number of nitrogens with one attached hydrogen (secondary N) is 1. The average molecular weight is 328 g/mol. The van der Waals surface area contributed by atoms with Crippen molar-refractivity contribution in [1.29, 1.82) is 0 Å². The molecule has 4 rings (SSSR count). The molecule has 0 saturated heterocycles. The van der Waals surface area contributed by atoms with Gasteiger partial charge in [0, 0.05) is 23.0 Å². The molecule has 2 aromatic heterocycles. The molecule has 4 aromatic rings. The van der Waals surface area contributed by atoms with Crippen molar-refractivity contribution >= 4 is 17.2 Å². The van der Waals surface area contributed by atoms with Gasteiger partial charge in [0.15, 0.2) is 11.3 Å². The van der Waals surface area contributed by atoms with Crippen LogP contribution in [0.2, 0.25) is 0 Å². The van der Waals surface area contributed by atoms with Gasteiger partial charge >= 0.3 is 0 Å². The second-order valence-corrected chi connectivity index (χ2v) is 5.77. The summed E-state index contributed by atoms with van der Waals surface area (Å²) in [6.07, 6.45) is 0. The molecule has 0 atom stereocenters. The number of amides is 1. The van der Waals surface area contributed by atoms with Crippen LogP contribution in [0.25, 0.3) is 16.9 Å². The SMILES string of the molecule is Cc1cc(-c2ccccc2)n2nc(C(=O)Nc3ccccc3)cc2n1. The molecular weight excluding hydrogens is 312 g/mol. The Morgan fingerprint density at radius 1 is 0.960 bits per heavy atom. The monoisotopic (exact) mass is 328 g/mol. The zero-order valence-electron chi connectivity index (χ0n) is 13.7. The Morgan fingerprint density at radius 2 is 1.64 bits per heavy atom. The molecule has 0 spiro atoms. The van der Waals surface area contributed by atoms with Crippen LogP contribution in [0.3, 0.4) is 0 Å². The molecule has 0 aliphatic rings. The number of benzene rings is 2. The van der Waals surface area contributed by atoms with Crippen LogP contribution in [0.4, 0.5) is 5.69 Å². The van der Waals surface area contributed by atoms with Crippen LogP contribution < -0.4 is 5.32 Å². The highest BCUT2D eigenvalue weighted by Gasteiger charge is 2.15. The van der Waals surface area contributed by atoms with Gasteiger partial charge in [0.05, 0.1) is 5.69 Å². The third kappa shape index (κ3) is 2.99. The van der Waals surface area contributed by atoms with Gasteiger partial charge in [-0.3, -0.25) is 4.79 Å². The predicted octanol–water partition coefficient (Wildman–Crippen LogP) is 3.96. The molecule has 0 fully saturated rings. The van der Waals surface area contributed by atoms with Crippen LogP contribution in [0.15, 0.2) is 72.8 Å². The van der Waals surface area contributed by atoms with E-state index in [1.54, 1.807) is 10.6 Å². The fourth-order valence-electron chi connectivity index (χ4n) is 2.74. The Labute approximate surface area is 145 Å². The van der Waals surface area contributed by atoms with Crippen molar-refractivity contribution in [1.82, 2.24) is 14.6 Å². The zero-order valence-corrected chi connectivity index (χ0v) is 13.7. The van der Waals surface area contributed by atoms with Gasteiger partial charge in [-0.05, 0) is 25.1 Å². The Morgan fingerprint density at radius 3 is 2.36 bits per heavy atom.